The average molecular weight is 401 g/mol. The predicted molar refractivity (Wildman–Crippen MR) is 109 cm³/mol. The number of benzene rings is 1. The van der Waals surface area contributed by atoms with E-state index in [-0.39, 0.29) is 12.0 Å². The number of rotatable bonds is 6. The first-order chi connectivity index (χ1) is 13.6. The third-order valence-electron chi connectivity index (χ3n) is 4.97. The van der Waals surface area contributed by atoms with Crippen LogP contribution in [0.15, 0.2) is 24.3 Å². The molecular weight excluding hydrogens is 376 g/mol. The molecule has 1 saturated heterocycles. The van der Waals surface area contributed by atoms with E-state index in [9.17, 15) is 4.79 Å². The number of aryl methyl sites for hydroxylation is 2. The van der Waals surface area contributed by atoms with Crippen molar-refractivity contribution in [1.82, 2.24) is 14.8 Å². The molecule has 1 amide bonds. The lowest BCUT2D eigenvalue weighted by Gasteiger charge is -2.22. The molecule has 1 aliphatic rings. The molecule has 4 rings (SSSR count). The highest BCUT2D eigenvalue weighted by Gasteiger charge is 2.28. The van der Waals surface area contributed by atoms with Gasteiger partial charge in [-0.05, 0) is 44.9 Å². The SMILES string of the molecule is CCn1nc(C(=O)N(C[C@@H]2CCCO2)c2nc3cc(OC)ccc3s2)cc1C. The van der Waals surface area contributed by atoms with Gasteiger partial charge in [0.05, 0.1) is 30.0 Å². The highest BCUT2D eigenvalue weighted by atomic mass is 32.1. The zero-order valence-electron chi connectivity index (χ0n) is 16.3. The van der Waals surface area contributed by atoms with Gasteiger partial charge >= 0.3 is 0 Å². The Hall–Kier alpha value is -2.45. The van der Waals surface area contributed by atoms with Gasteiger partial charge in [-0.15, -0.1) is 0 Å². The number of amides is 1. The van der Waals surface area contributed by atoms with Gasteiger partial charge in [0.15, 0.2) is 10.8 Å². The van der Waals surface area contributed by atoms with Gasteiger partial charge in [0.1, 0.15) is 5.75 Å². The van der Waals surface area contributed by atoms with E-state index in [1.165, 1.54) is 11.3 Å². The largest absolute Gasteiger partial charge is 0.497 e. The Bertz CT molecular complexity index is 991. The lowest BCUT2D eigenvalue weighted by Crippen LogP contribution is -2.37. The third-order valence-corrected chi connectivity index (χ3v) is 6.03. The van der Waals surface area contributed by atoms with Crippen LogP contribution in [-0.4, -0.2) is 47.0 Å². The van der Waals surface area contributed by atoms with Crippen LogP contribution in [0, 0.1) is 6.92 Å². The van der Waals surface area contributed by atoms with Gasteiger partial charge in [-0.2, -0.15) is 5.10 Å². The fourth-order valence-electron chi connectivity index (χ4n) is 3.45. The summed E-state index contributed by atoms with van der Waals surface area (Å²) < 4.78 is 13.9. The summed E-state index contributed by atoms with van der Waals surface area (Å²) >= 11 is 1.50. The van der Waals surface area contributed by atoms with E-state index in [2.05, 4.69) is 5.10 Å². The number of fused-ring (bicyclic) bond motifs is 1. The van der Waals surface area contributed by atoms with Gasteiger partial charge in [-0.1, -0.05) is 11.3 Å². The molecule has 1 atom stereocenters. The van der Waals surface area contributed by atoms with Gasteiger partial charge in [0.25, 0.3) is 5.91 Å². The van der Waals surface area contributed by atoms with Crippen molar-refractivity contribution in [2.24, 2.45) is 0 Å². The molecule has 0 N–H and O–H groups in total. The van der Waals surface area contributed by atoms with Crippen molar-refractivity contribution < 1.29 is 14.3 Å². The summed E-state index contributed by atoms with van der Waals surface area (Å²) in [7, 11) is 1.63. The maximum Gasteiger partial charge on any atom is 0.280 e. The first kappa shape index (κ1) is 18.9. The molecule has 0 spiro atoms. The summed E-state index contributed by atoms with van der Waals surface area (Å²) in [5, 5.41) is 5.13. The van der Waals surface area contributed by atoms with Crippen LogP contribution in [0.3, 0.4) is 0 Å². The number of carbonyl (C=O) groups excluding carboxylic acids is 1. The molecule has 1 fully saturated rings. The van der Waals surface area contributed by atoms with Crippen LogP contribution in [0.4, 0.5) is 5.13 Å². The van der Waals surface area contributed by atoms with E-state index < -0.39 is 0 Å². The van der Waals surface area contributed by atoms with Crippen molar-refractivity contribution in [3.8, 4) is 5.75 Å². The molecule has 0 unspecified atom stereocenters. The Balaban J connectivity index is 1.70. The first-order valence-corrected chi connectivity index (χ1v) is 10.3. The smallest absolute Gasteiger partial charge is 0.280 e. The monoisotopic (exact) mass is 400 g/mol. The van der Waals surface area contributed by atoms with Crippen LogP contribution in [0.25, 0.3) is 10.2 Å². The van der Waals surface area contributed by atoms with Crippen LogP contribution < -0.4 is 9.64 Å². The zero-order valence-corrected chi connectivity index (χ0v) is 17.2. The standard InChI is InChI=1S/C20H24N4O3S/c1-4-24-13(2)10-17(22-24)19(25)23(12-15-6-5-9-27-15)20-21-16-11-14(26-3)7-8-18(16)28-20/h7-8,10-11,15H,4-6,9,12H2,1-3H3/t15-/m0/s1. The number of hydrogen-bond donors (Lipinski definition) is 0. The minimum atomic E-state index is -0.142. The number of hydrogen-bond acceptors (Lipinski definition) is 6. The van der Waals surface area contributed by atoms with Crippen molar-refractivity contribution in [3.05, 3.63) is 35.7 Å². The number of nitrogens with zero attached hydrogens (tertiary/aromatic N) is 4. The molecule has 28 heavy (non-hydrogen) atoms. The summed E-state index contributed by atoms with van der Waals surface area (Å²) in [5.41, 5.74) is 2.23. The molecule has 0 bridgehead atoms. The number of anilines is 1. The summed E-state index contributed by atoms with van der Waals surface area (Å²) in [6.07, 6.45) is 2.00. The molecule has 3 heterocycles. The van der Waals surface area contributed by atoms with E-state index in [4.69, 9.17) is 14.5 Å². The first-order valence-electron chi connectivity index (χ1n) is 9.51. The van der Waals surface area contributed by atoms with Crippen LogP contribution in [-0.2, 0) is 11.3 Å². The summed E-state index contributed by atoms with van der Waals surface area (Å²) in [4.78, 5) is 19.8. The minimum absolute atomic E-state index is 0.0276. The number of thiazole rings is 1. The van der Waals surface area contributed by atoms with Crippen LogP contribution in [0.1, 0.15) is 35.9 Å². The molecule has 0 aliphatic carbocycles. The molecule has 1 aliphatic heterocycles. The molecular formula is C20H24N4O3S. The second kappa shape index (κ2) is 7.89. The quantitative estimate of drug-likeness (QED) is 0.632. The lowest BCUT2D eigenvalue weighted by molar-refractivity contribution is 0.0912. The van der Waals surface area contributed by atoms with Crippen molar-refractivity contribution in [1.29, 1.82) is 0 Å². The Labute approximate surface area is 167 Å². The van der Waals surface area contributed by atoms with Crippen LogP contribution in [0.5, 0.6) is 5.75 Å². The second-order valence-electron chi connectivity index (χ2n) is 6.87. The van der Waals surface area contributed by atoms with Gasteiger partial charge in [-0.3, -0.25) is 14.4 Å². The van der Waals surface area contributed by atoms with E-state index in [0.717, 1.165) is 47.7 Å². The van der Waals surface area contributed by atoms with Gasteiger partial charge < -0.3 is 9.47 Å². The molecule has 8 heteroatoms. The third kappa shape index (κ3) is 3.62. The highest BCUT2D eigenvalue weighted by Crippen LogP contribution is 2.32. The Morgan fingerprint density at radius 2 is 2.29 bits per heavy atom. The van der Waals surface area contributed by atoms with Crippen LogP contribution >= 0.6 is 11.3 Å². The van der Waals surface area contributed by atoms with E-state index in [0.29, 0.717) is 17.4 Å². The topological polar surface area (TPSA) is 69.5 Å². The molecule has 1 aromatic carbocycles. The molecule has 7 nitrogen and oxygen atoms in total. The van der Waals surface area contributed by atoms with Crippen molar-refractivity contribution >= 4 is 32.6 Å². The summed E-state index contributed by atoms with van der Waals surface area (Å²) in [6.45, 7) is 5.92. The Kier molecular flexibility index (Phi) is 5.32. The fraction of sp³-hybridized carbons (Fsp3) is 0.450. The Morgan fingerprint density at radius 3 is 2.96 bits per heavy atom. The van der Waals surface area contributed by atoms with Crippen LogP contribution in [0.2, 0.25) is 0 Å². The Morgan fingerprint density at radius 1 is 1.43 bits per heavy atom. The minimum Gasteiger partial charge on any atom is -0.497 e. The van der Waals surface area contributed by atoms with Crippen molar-refractivity contribution in [2.75, 3.05) is 25.2 Å². The molecule has 0 radical (unpaired) electrons. The maximum absolute atomic E-state index is 13.4. The predicted octanol–water partition coefficient (Wildman–Crippen LogP) is 3.66. The second-order valence-corrected chi connectivity index (χ2v) is 7.88. The molecule has 148 valence electrons. The number of carbonyl (C=O) groups is 1. The lowest BCUT2D eigenvalue weighted by atomic mass is 10.2. The molecule has 0 saturated carbocycles. The summed E-state index contributed by atoms with van der Waals surface area (Å²) in [6, 6.07) is 7.60. The van der Waals surface area contributed by atoms with Crippen molar-refractivity contribution in [2.45, 2.75) is 39.3 Å². The van der Waals surface area contributed by atoms with Gasteiger partial charge in [-0.25, -0.2) is 4.98 Å². The fourth-order valence-corrected chi connectivity index (χ4v) is 4.40. The summed E-state index contributed by atoms with van der Waals surface area (Å²) in [5.74, 6) is 0.607. The normalized spacial score (nSPS) is 16.6. The zero-order chi connectivity index (χ0) is 19.7. The van der Waals surface area contributed by atoms with E-state index in [1.54, 1.807) is 12.0 Å². The van der Waals surface area contributed by atoms with E-state index in [1.807, 2.05) is 42.8 Å². The number of ether oxygens (including phenoxy) is 2. The van der Waals surface area contributed by atoms with Gasteiger partial charge in [0, 0.05) is 24.9 Å². The molecule has 3 aromatic rings. The van der Waals surface area contributed by atoms with Gasteiger partial charge in [0.2, 0.25) is 0 Å². The van der Waals surface area contributed by atoms with Crippen molar-refractivity contribution in [3.63, 3.8) is 0 Å². The number of aromatic nitrogens is 3. The van der Waals surface area contributed by atoms with E-state index >= 15 is 0 Å². The molecule has 2 aromatic heterocycles. The maximum atomic E-state index is 13.4. The highest BCUT2D eigenvalue weighted by molar-refractivity contribution is 7.22. The average Bonchev–Trinajstić information content (AvgIpc) is 3.44. The number of methoxy groups -OCH3 is 1.